The van der Waals surface area contributed by atoms with Crippen molar-refractivity contribution in [1.29, 1.82) is 0 Å². The van der Waals surface area contributed by atoms with Gasteiger partial charge in [0.1, 0.15) is 0 Å². The lowest BCUT2D eigenvalue weighted by Crippen LogP contribution is -2.03. The Labute approximate surface area is 89.2 Å². The lowest BCUT2D eigenvalue weighted by Gasteiger charge is -2.02. The molecule has 0 aliphatic heterocycles. The Bertz CT molecular complexity index is 412. The molecular weight excluding hydrogens is 190 g/mol. The van der Waals surface area contributed by atoms with E-state index in [-0.39, 0.29) is 17.3 Å². The highest BCUT2D eigenvalue weighted by Gasteiger charge is 2.62. The smallest absolute Gasteiger partial charge is 0.307 e. The molecule has 3 nitrogen and oxygen atoms in total. The van der Waals surface area contributed by atoms with Crippen LogP contribution in [0.5, 0.6) is 0 Å². The van der Waals surface area contributed by atoms with Gasteiger partial charge in [-0.3, -0.25) is 9.78 Å². The number of aryl methyl sites for hydroxylation is 1. The van der Waals surface area contributed by atoms with E-state index >= 15 is 0 Å². The molecule has 0 saturated heterocycles. The number of nitrogens with zero attached hydrogens (tertiary/aromatic N) is 1. The molecule has 0 bridgehead atoms. The lowest BCUT2D eigenvalue weighted by molar-refractivity contribution is -0.139. The van der Waals surface area contributed by atoms with Crippen molar-refractivity contribution in [3.63, 3.8) is 0 Å². The van der Waals surface area contributed by atoms with Crippen molar-refractivity contribution in [3.05, 3.63) is 29.6 Å². The third-order valence-corrected chi connectivity index (χ3v) is 3.35. The summed E-state index contributed by atoms with van der Waals surface area (Å²) in [4.78, 5) is 15.1. The van der Waals surface area contributed by atoms with Crippen LogP contribution in [-0.2, 0) is 4.79 Å². The molecule has 1 N–H and O–H groups in total. The molecule has 1 saturated carbocycles. The number of carbonyl (C=O) groups is 1. The van der Waals surface area contributed by atoms with E-state index in [0.717, 1.165) is 11.1 Å². The lowest BCUT2D eigenvalue weighted by atomic mass is 10.0. The predicted octanol–water partition coefficient (Wildman–Crippen LogP) is 2.21. The second kappa shape index (κ2) is 3.05. The Hall–Kier alpha value is -1.38. The van der Waals surface area contributed by atoms with Gasteiger partial charge in [-0.15, -0.1) is 0 Å². The van der Waals surface area contributed by atoms with Crippen molar-refractivity contribution in [3.8, 4) is 0 Å². The number of aromatic nitrogens is 1. The van der Waals surface area contributed by atoms with Crippen molar-refractivity contribution in [2.24, 2.45) is 11.3 Å². The van der Waals surface area contributed by atoms with Crippen LogP contribution in [0.3, 0.4) is 0 Å². The summed E-state index contributed by atoms with van der Waals surface area (Å²) in [6.07, 6.45) is 3.57. The fourth-order valence-electron chi connectivity index (χ4n) is 2.47. The zero-order valence-corrected chi connectivity index (χ0v) is 9.19. The predicted molar refractivity (Wildman–Crippen MR) is 56.6 cm³/mol. The number of rotatable bonds is 2. The van der Waals surface area contributed by atoms with Crippen LogP contribution in [0.2, 0.25) is 0 Å². The van der Waals surface area contributed by atoms with E-state index in [1.54, 1.807) is 12.4 Å². The maximum absolute atomic E-state index is 11.0. The minimum Gasteiger partial charge on any atom is -0.481 e. The molecule has 0 radical (unpaired) electrons. The highest BCUT2D eigenvalue weighted by Crippen LogP contribution is 2.64. The van der Waals surface area contributed by atoms with Crippen molar-refractivity contribution in [2.75, 3.05) is 0 Å². The number of hydrogen-bond acceptors (Lipinski definition) is 2. The van der Waals surface area contributed by atoms with Gasteiger partial charge in [0.2, 0.25) is 0 Å². The minimum absolute atomic E-state index is 0.113. The Balaban J connectivity index is 2.31. The number of carboxylic acid groups (broad SMARTS) is 1. The van der Waals surface area contributed by atoms with E-state index in [0.29, 0.717) is 0 Å². The first-order chi connectivity index (χ1) is 6.94. The second-order valence-corrected chi connectivity index (χ2v) is 4.91. The fraction of sp³-hybridized carbons (Fsp3) is 0.500. The Morgan fingerprint density at radius 2 is 2.13 bits per heavy atom. The highest BCUT2D eigenvalue weighted by atomic mass is 16.4. The van der Waals surface area contributed by atoms with Gasteiger partial charge in [0.25, 0.3) is 0 Å². The van der Waals surface area contributed by atoms with E-state index in [4.69, 9.17) is 5.11 Å². The molecule has 3 heteroatoms. The van der Waals surface area contributed by atoms with E-state index < -0.39 is 5.97 Å². The molecule has 0 aromatic carbocycles. The number of hydrogen-bond donors (Lipinski definition) is 1. The number of carboxylic acids is 1. The molecule has 1 fully saturated rings. The van der Waals surface area contributed by atoms with Crippen molar-refractivity contribution in [1.82, 2.24) is 4.98 Å². The summed E-state index contributed by atoms with van der Waals surface area (Å²) >= 11 is 0. The molecule has 1 aliphatic rings. The molecule has 1 heterocycles. The summed E-state index contributed by atoms with van der Waals surface area (Å²) in [6.45, 7) is 5.97. The van der Waals surface area contributed by atoms with Crippen LogP contribution in [0.1, 0.15) is 30.9 Å². The van der Waals surface area contributed by atoms with Crippen LogP contribution in [0.15, 0.2) is 18.5 Å². The zero-order chi connectivity index (χ0) is 11.2. The van der Waals surface area contributed by atoms with Gasteiger partial charge >= 0.3 is 5.97 Å². The van der Waals surface area contributed by atoms with Crippen LogP contribution in [-0.4, -0.2) is 16.1 Å². The first-order valence-corrected chi connectivity index (χ1v) is 5.09. The van der Waals surface area contributed by atoms with E-state index in [1.165, 1.54) is 0 Å². The summed E-state index contributed by atoms with van der Waals surface area (Å²) in [5, 5.41) is 9.07. The summed E-state index contributed by atoms with van der Waals surface area (Å²) in [5.74, 6) is -0.852. The zero-order valence-electron chi connectivity index (χ0n) is 9.19. The van der Waals surface area contributed by atoms with Crippen LogP contribution in [0.4, 0.5) is 0 Å². The molecule has 0 unspecified atom stereocenters. The molecule has 1 aliphatic carbocycles. The first-order valence-electron chi connectivity index (χ1n) is 5.09. The molecule has 1 aromatic heterocycles. The maximum Gasteiger partial charge on any atom is 0.307 e. The normalized spacial score (nSPS) is 27.4. The third-order valence-electron chi connectivity index (χ3n) is 3.35. The molecule has 0 spiro atoms. The molecule has 15 heavy (non-hydrogen) atoms. The van der Waals surface area contributed by atoms with E-state index in [2.05, 4.69) is 4.98 Å². The highest BCUT2D eigenvalue weighted by molar-refractivity contribution is 5.77. The largest absolute Gasteiger partial charge is 0.481 e. The third kappa shape index (κ3) is 1.52. The van der Waals surface area contributed by atoms with Crippen LogP contribution >= 0.6 is 0 Å². The SMILES string of the molecule is Cc1cncc([C@@H]2[C@@H](C(=O)O)C2(C)C)c1. The molecular formula is C12H15NO2. The average molecular weight is 205 g/mol. The summed E-state index contributed by atoms with van der Waals surface area (Å²) in [6, 6.07) is 2.03. The van der Waals surface area contributed by atoms with Gasteiger partial charge in [-0.05, 0) is 23.5 Å². The molecule has 80 valence electrons. The van der Waals surface area contributed by atoms with Gasteiger partial charge in [0, 0.05) is 18.3 Å². The van der Waals surface area contributed by atoms with Gasteiger partial charge < -0.3 is 5.11 Å². The number of aliphatic carboxylic acids is 1. The van der Waals surface area contributed by atoms with Crippen molar-refractivity contribution in [2.45, 2.75) is 26.7 Å². The average Bonchev–Trinajstić information content (AvgIpc) is 2.69. The Morgan fingerprint density at radius 3 is 2.60 bits per heavy atom. The van der Waals surface area contributed by atoms with Crippen molar-refractivity contribution < 1.29 is 9.90 Å². The quantitative estimate of drug-likeness (QED) is 0.805. The molecule has 0 amide bonds. The molecule has 2 rings (SSSR count). The van der Waals surface area contributed by atoms with Gasteiger partial charge in [0.05, 0.1) is 5.92 Å². The van der Waals surface area contributed by atoms with Gasteiger partial charge in [-0.2, -0.15) is 0 Å². The Kier molecular flexibility index (Phi) is 2.07. The fourth-order valence-corrected chi connectivity index (χ4v) is 2.47. The summed E-state index contributed by atoms with van der Waals surface area (Å²) < 4.78 is 0. The monoisotopic (exact) mass is 205 g/mol. The van der Waals surface area contributed by atoms with Crippen molar-refractivity contribution >= 4 is 5.97 Å². The van der Waals surface area contributed by atoms with Gasteiger partial charge in [0.15, 0.2) is 0 Å². The van der Waals surface area contributed by atoms with Crippen LogP contribution < -0.4 is 0 Å². The summed E-state index contributed by atoms with van der Waals surface area (Å²) in [7, 11) is 0. The van der Waals surface area contributed by atoms with Gasteiger partial charge in [-0.25, -0.2) is 0 Å². The van der Waals surface area contributed by atoms with Gasteiger partial charge in [-0.1, -0.05) is 19.9 Å². The standard InChI is InChI=1S/C12H15NO2/c1-7-4-8(6-13-5-7)9-10(11(14)15)12(9,2)3/h4-6,9-10H,1-3H3,(H,14,15)/t9-,10+/m1/s1. The first kappa shape index (κ1) is 10.1. The second-order valence-electron chi connectivity index (χ2n) is 4.91. The molecule has 1 aromatic rings. The van der Waals surface area contributed by atoms with Crippen LogP contribution in [0, 0.1) is 18.3 Å². The van der Waals surface area contributed by atoms with E-state index in [9.17, 15) is 4.79 Å². The molecule has 2 atom stereocenters. The maximum atomic E-state index is 11.0. The topological polar surface area (TPSA) is 50.2 Å². The minimum atomic E-state index is -0.702. The Morgan fingerprint density at radius 1 is 1.47 bits per heavy atom. The van der Waals surface area contributed by atoms with E-state index in [1.807, 2.05) is 26.8 Å². The summed E-state index contributed by atoms with van der Waals surface area (Å²) in [5.41, 5.74) is 1.99. The number of pyridine rings is 1. The van der Waals surface area contributed by atoms with Crippen LogP contribution in [0.25, 0.3) is 0 Å².